The van der Waals surface area contributed by atoms with Crippen LogP contribution in [0.5, 0.6) is 0 Å². The molecule has 0 aromatic rings. The molecule has 1 radical (unpaired) electrons. The molecule has 0 bridgehead atoms. The smallest absolute Gasteiger partial charge is 0.215 e. The van der Waals surface area contributed by atoms with Crippen molar-refractivity contribution >= 4 is 31.2 Å². The predicted molar refractivity (Wildman–Crippen MR) is 33.3 cm³/mol. The average Bonchev–Trinajstić information content (AvgIpc) is 1.41. The normalized spacial score (nSPS) is 10.9. The van der Waals surface area contributed by atoms with Crippen molar-refractivity contribution in [2.75, 3.05) is 0 Å². The van der Waals surface area contributed by atoms with E-state index in [1.54, 1.807) is 0 Å². The quantitative estimate of drug-likeness (QED) is 0.331. The third-order valence-electron chi connectivity index (χ3n) is 0. The molecule has 16 heteroatoms. The molecule has 16 heavy (non-hydrogen) atoms. The molecule has 0 aliphatic carbocycles. The first-order valence-corrected chi connectivity index (χ1v) is 6.05. The van der Waals surface area contributed by atoms with Crippen LogP contribution in [-0.4, -0.2) is 52.6 Å². The molecular weight excluding hydrogens is 339 g/mol. The Morgan fingerprint density at radius 2 is 0.625 bits per heavy atom. The SMILES string of the molecule is O=S(=O)([O-])O.O=S(=O)([O-])[O-].O=S(=O)([O-])[O-].[V]. The van der Waals surface area contributed by atoms with Crippen molar-refractivity contribution in [3.63, 3.8) is 0 Å². The minimum Gasteiger partial charge on any atom is -0.759 e. The fourth-order valence-electron chi connectivity index (χ4n) is 0. The summed E-state index contributed by atoms with van der Waals surface area (Å²) < 4.78 is 101. The van der Waals surface area contributed by atoms with E-state index in [2.05, 4.69) is 0 Å². The van der Waals surface area contributed by atoms with Crippen LogP contribution in [0.1, 0.15) is 0 Å². The van der Waals surface area contributed by atoms with Crippen LogP contribution >= 0.6 is 0 Å². The van der Waals surface area contributed by atoms with Crippen LogP contribution in [0.2, 0.25) is 0 Å². The van der Waals surface area contributed by atoms with Crippen molar-refractivity contribution in [1.82, 2.24) is 0 Å². The van der Waals surface area contributed by atoms with Crippen LogP contribution in [0.15, 0.2) is 0 Å². The van der Waals surface area contributed by atoms with E-state index in [1.807, 2.05) is 0 Å². The van der Waals surface area contributed by atoms with E-state index >= 15 is 0 Å². The molecule has 12 nitrogen and oxygen atoms in total. The zero-order valence-corrected chi connectivity index (χ0v) is 10.5. The zero-order valence-electron chi connectivity index (χ0n) is 6.61. The summed E-state index contributed by atoms with van der Waals surface area (Å²) in [5.74, 6) is 0. The summed E-state index contributed by atoms with van der Waals surface area (Å²) in [5, 5.41) is 0. The van der Waals surface area contributed by atoms with Gasteiger partial charge >= 0.3 is 0 Å². The molecule has 0 atom stereocenters. The molecular formula is HO12S3V-5. The van der Waals surface area contributed by atoms with E-state index in [0.717, 1.165) is 0 Å². The first kappa shape index (κ1) is 25.1. The van der Waals surface area contributed by atoms with Gasteiger partial charge in [0, 0.05) is 39.4 Å². The molecule has 0 aliphatic rings. The summed E-state index contributed by atoms with van der Waals surface area (Å²) >= 11 is 0. The summed E-state index contributed by atoms with van der Waals surface area (Å²) in [6.45, 7) is 0. The van der Waals surface area contributed by atoms with Crippen molar-refractivity contribution in [2.24, 2.45) is 0 Å². The monoisotopic (exact) mass is 340 g/mol. The number of hydrogen-bond donors (Lipinski definition) is 1. The zero-order chi connectivity index (χ0) is 13.5. The standard InChI is InChI=1S/3H2O4S.V/c3*1-5(2,3)4;/h3*(H2,1,2,3,4);/p-5. The third kappa shape index (κ3) is 65400. The summed E-state index contributed by atoms with van der Waals surface area (Å²) in [7, 11) is -15.2. The molecule has 0 rings (SSSR count). The Morgan fingerprint density at radius 1 is 0.625 bits per heavy atom. The summed E-state index contributed by atoms with van der Waals surface area (Å²) in [5.41, 5.74) is 0. The van der Waals surface area contributed by atoms with E-state index in [-0.39, 0.29) is 18.6 Å². The average molecular weight is 340 g/mol. The Hall–Kier alpha value is 0.194. The van der Waals surface area contributed by atoms with E-state index < -0.39 is 31.2 Å². The van der Waals surface area contributed by atoms with Gasteiger partial charge in [-0.05, 0) is 0 Å². The largest absolute Gasteiger partial charge is 0.759 e. The van der Waals surface area contributed by atoms with Crippen LogP contribution < -0.4 is 0 Å². The van der Waals surface area contributed by atoms with Crippen LogP contribution in [-0.2, 0) is 49.8 Å². The Kier molecular flexibility index (Phi) is 14.5. The molecule has 0 amide bonds. The van der Waals surface area contributed by atoms with Crippen molar-refractivity contribution in [1.29, 1.82) is 0 Å². The fraction of sp³-hybridized carbons (Fsp3) is 0. The first-order valence-electron chi connectivity index (χ1n) is 2.02. The van der Waals surface area contributed by atoms with Crippen molar-refractivity contribution in [2.45, 2.75) is 0 Å². The van der Waals surface area contributed by atoms with E-state index in [4.69, 9.17) is 52.6 Å². The molecule has 0 unspecified atom stereocenters. The maximum absolute atomic E-state index is 8.63. The number of rotatable bonds is 0. The van der Waals surface area contributed by atoms with Gasteiger partial charge in [0.15, 0.2) is 0 Å². The molecule has 101 valence electrons. The van der Waals surface area contributed by atoms with Gasteiger partial charge in [-0.25, -0.2) is 8.42 Å². The molecule has 0 saturated carbocycles. The molecule has 0 aromatic heterocycles. The van der Waals surface area contributed by atoms with Crippen molar-refractivity contribution < 1.29 is 71.1 Å². The summed E-state index contributed by atoms with van der Waals surface area (Å²) in [6, 6.07) is 0. The Morgan fingerprint density at radius 3 is 0.625 bits per heavy atom. The van der Waals surface area contributed by atoms with Gasteiger partial charge in [-0.15, -0.1) is 0 Å². The molecule has 1 N–H and O–H groups in total. The predicted octanol–water partition coefficient (Wildman–Crippen LogP) is -3.67. The minimum atomic E-state index is -5.17. The molecule has 0 saturated heterocycles. The van der Waals surface area contributed by atoms with Gasteiger partial charge in [-0.2, -0.15) is 0 Å². The van der Waals surface area contributed by atoms with Gasteiger partial charge in [0.25, 0.3) is 0 Å². The van der Waals surface area contributed by atoms with Crippen LogP contribution in [0.4, 0.5) is 0 Å². The number of hydrogen-bond acceptors (Lipinski definition) is 11. The second-order valence-corrected chi connectivity index (χ2v) is 3.73. The second kappa shape index (κ2) is 9.25. The molecule has 0 aromatic carbocycles. The topological polar surface area (TPSA) is 238 Å². The Balaban J connectivity index is -0.0000000655. The summed E-state index contributed by atoms with van der Waals surface area (Å²) in [6.07, 6.45) is 0. The Bertz CT molecular complexity index is 337. The van der Waals surface area contributed by atoms with E-state index in [9.17, 15) is 0 Å². The molecule has 0 spiro atoms. The van der Waals surface area contributed by atoms with Gasteiger partial charge in [-0.3, -0.25) is 21.4 Å². The van der Waals surface area contributed by atoms with Crippen molar-refractivity contribution in [3.8, 4) is 0 Å². The van der Waals surface area contributed by atoms with E-state index in [0.29, 0.717) is 0 Å². The van der Waals surface area contributed by atoms with Gasteiger partial charge < -0.3 is 22.8 Å². The fourth-order valence-corrected chi connectivity index (χ4v) is 0. The van der Waals surface area contributed by atoms with Gasteiger partial charge in [0.2, 0.25) is 10.4 Å². The van der Waals surface area contributed by atoms with Crippen LogP contribution in [0, 0.1) is 0 Å². The van der Waals surface area contributed by atoms with Gasteiger partial charge in [-0.1, -0.05) is 0 Å². The van der Waals surface area contributed by atoms with Gasteiger partial charge in [0.1, 0.15) is 0 Å². The van der Waals surface area contributed by atoms with E-state index in [1.165, 1.54) is 0 Å². The molecule has 0 heterocycles. The van der Waals surface area contributed by atoms with Crippen LogP contribution in [0.25, 0.3) is 0 Å². The van der Waals surface area contributed by atoms with Gasteiger partial charge in [0.05, 0.1) is 0 Å². The maximum atomic E-state index is 8.63. The maximum Gasteiger partial charge on any atom is 0.215 e. The second-order valence-electron chi connectivity index (χ2n) is 1.24. The minimum absolute atomic E-state index is 0. The third-order valence-corrected chi connectivity index (χ3v) is 0. The molecule has 0 aliphatic heterocycles. The summed E-state index contributed by atoms with van der Waals surface area (Å²) in [4.78, 5) is 0. The van der Waals surface area contributed by atoms with Crippen LogP contribution in [0.3, 0.4) is 0 Å². The Labute approximate surface area is 102 Å². The first-order chi connectivity index (χ1) is 6.00. The molecule has 0 fully saturated rings. The van der Waals surface area contributed by atoms with Crippen molar-refractivity contribution in [3.05, 3.63) is 0 Å².